The lowest BCUT2D eigenvalue weighted by Gasteiger charge is -1.96. The minimum atomic E-state index is 0.494. The van der Waals surface area contributed by atoms with Gasteiger partial charge in [-0.3, -0.25) is 4.68 Å². The van der Waals surface area contributed by atoms with Crippen molar-refractivity contribution >= 4 is 11.6 Å². The van der Waals surface area contributed by atoms with Gasteiger partial charge < -0.3 is 0 Å². The Bertz CT molecular complexity index is 288. The molecule has 0 atom stereocenters. The third-order valence-electron chi connectivity index (χ3n) is 1.31. The number of hydrogen-bond donors (Lipinski definition) is 0. The Morgan fingerprint density at radius 2 is 2.58 bits per heavy atom. The molecule has 0 radical (unpaired) electrons. The Hall–Kier alpha value is -1.19. The number of rotatable bonds is 4. The quantitative estimate of drug-likeness (QED) is 0.307. The lowest BCUT2D eigenvalue weighted by molar-refractivity contribution is 0.584. The summed E-state index contributed by atoms with van der Waals surface area (Å²) in [7, 11) is 0. The first-order valence-corrected chi connectivity index (χ1v) is 3.89. The minimum Gasteiger partial charge on any atom is -0.271 e. The summed E-state index contributed by atoms with van der Waals surface area (Å²) in [6.45, 7) is 1.22. The molecule has 0 N–H and O–H groups in total. The smallest absolute Gasteiger partial charge is 0.0785 e. The van der Waals surface area contributed by atoms with E-state index < -0.39 is 0 Å². The van der Waals surface area contributed by atoms with E-state index in [-0.39, 0.29) is 0 Å². The topological polar surface area (TPSA) is 66.6 Å². The van der Waals surface area contributed by atoms with Crippen LogP contribution in [0.4, 0.5) is 0 Å². The van der Waals surface area contributed by atoms with Crippen molar-refractivity contribution in [2.75, 3.05) is 6.54 Å². The van der Waals surface area contributed by atoms with Gasteiger partial charge in [0.05, 0.1) is 11.2 Å². The second kappa shape index (κ2) is 4.64. The Morgan fingerprint density at radius 1 is 1.75 bits per heavy atom. The van der Waals surface area contributed by atoms with E-state index in [4.69, 9.17) is 17.1 Å². The second-order valence-corrected chi connectivity index (χ2v) is 2.67. The molecule has 0 saturated heterocycles. The van der Waals surface area contributed by atoms with Gasteiger partial charge in [0.15, 0.2) is 0 Å². The van der Waals surface area contributed by atoms with Crippen LogP contribution in [0.1, 0.15) is 6.42 Å². The summed E-state index contributed by atoms with van der Waals surface area (Å²) in [5, 5.41) is 7.99. The number of aryl methyl sites for hydroxylation is 1. The zero-order valence-corrected chi connectivity index (χ0v) is 7.15. The molecule has 0 spiro atoms. The van der Waals surface area contributed by atoms with Gasteiger partial charge in [-0.05, 0) is 12.0 Å². The molecule has 1 rings (SSSR count). The molecule has 12 heavy (non-hydrogen) atoms. The van der Waals surface area contributed by atoms with E-state index in [0.717, 1.165) is 13.0 Å². The van der Waals surface area contributed by atoms with Crippen molar-refractivity contribution < 1.29 is 0 Å². The first-order valence-electron chi connectivity index (χ1n) is 3.52. The summed E-state index contributed by atoms with van der Waals surface area (Å²) in [6, 6.07) is 0. The van der Waals surface area contributed by atoms with Crippen molar-refractivity contribution in [3.8, 4) is 0 Å². The van der Waals surface area contributed by atoms with Crippen LogP contribution in [0.2, 0.25) is 5.02 Å². The average Bonchev–Trinajstić information content (AvgIpc) is 2.45. The molecule has 5 nitrogen and oxygen atoms in total. The molecule has 0 unspecified atom stereocenters. The van der Waals surface area contributed by atoms with Crippen LogP contribution in [0.3, 0.4) is 0 Å². The molecule has 64 valence electrons. The lowest BCUT2D eigenvalue weighted by atomic mass is 10.4. The van der Waals surface area contributed by atoms with Crippen molar-refractivity contribution in [3.63, 3.8) is 0 Å². The minimum absolute atomic E-state index is 0.494. The fraction of sp³-hybridized carbons (Fsp3) is 0.500. The predicted octanol–water partition coefficient (Wildman–Crippen LogP) is 2.24. The van der Waals surface area contributed by atoms with E-state index in [0.29, 0.717) is 11.6 Å². The standard InChI is InChI=1S/C6H8ClN5/c7-6-4-10-12(5-6)3-1-2-9-11-8/h4-5H,1-3H2. The van der Waals surface area contributed by atoms with Gasteiger partial charge >= 0.3 is 0 Å². The van der Waals surface area contributed by atoms with Gasteiger partial charge in [-0.2, -0.15) is 5.10 Å². The third-order valence-corrected chi connectivity index (χ3v) is 1.51. The Balaban J connectivity index is 2.28. The van der Waals surface area contributed by atoms with E-state index in [1.165, 1.54) is 0 Å². The normalized spacial score (nSPS) is 9.42. The van der Waals surface area contributed by atoms with E-state index in [1.54, 1.807) is 17.1 Å². The maximum atomic E-state index is 7.98. The van der Waals surface area contributed by atoms with Crippen molar-refractivity contribution in [1.29, 1.82) is 0 Å². The fourth-order valence-electron chi connectivity index (χ4n) is 0.809. The number of azide groups is 1. The van der Waals surface area contributed by atoms with Gasteiger partial charge in [0.25, 0.3) is 0 Å². The Morgan fingerprint density at radius 3 is 3.17 bits per heavy atom. The van der Waals surface area contributed by atoms with E-state index in [9.17, 15) is 0 Å². The molecular formula is C6H8ClN5. The highest BCUT2D eigenvalue weighted by atomic mass is 35.5. The van der Waals surface area contributed by atoms with Gasteiger partial charge in [0, 0.05) is 24.2 Å². The van der Waals surface area contributed by atoms with Crippen molar-refractivity contribution in [3.05, 3.63) is 27.9 Å². The molecule has 0 aromatic carbocycles. The molecule has 0 saturated carbocycles. The largest absolute Gasteiger partial charge is 0.271 e. The summed E-state index contributed by atoms with van der Waals surface area (Å²) in [6.07, 6.45) is 4.09. The highest BCUT2D eigenvalue weighted by Gasteiger charge is 1.93. The Labute approximate surface area is 74.6 Å². The van der Waals surface area contributed by atoms with E-state index in [1.807, 2.05) is 0 Å². The summed E-state index contributed by atoms with van der Waals surface area (Å²) >= 11 is 5.64. The fourth-order valence-corrected chi connectivity index (χ4v) is 0.965. The molecule has 0 aliphatic rings. The van der Waals surface area contributed by atoms with Crippen molar-refractivity contribution in [1.82, 2.24) is 9.78 Å². The average molecular weight is 186 g/mol. The van der Waals surface area contributed by atoms with Gasteiger partial charge in [-0.15, -0.1) is 0 Å². The molecule has 0 bridgehead atoms. The van der Waals surface area contributed by atoms with E-state index in [2.05, 4.69) is 15.1 Å². The van der Waals surface area contributed by atoms with Crippen LogP contribution in [-0.2, 0) is 6.54 Å². The molecule has 0 aliphatic heterocycles. The van der Waals surface area contributed by atoms with Crippen molar-refractivity contribution in [2.45, 2.75) is 13.0 Å². The summed E-state index contributed by atoms with van der Waals surface area (Å²) in [5.74, 6) is 0. The van der Waals surface area contributed by atoms with Gasteiger partial charge in [0.2, 0.25) is 0 Å². The molecule has 0 fully saturated rings. The molecule has 1 aromatic rings. The van der Waals surface area contributed by atoms with Crippen LogP contribution < -0.4 is 0 Å². The molecule has 6 heteroatoms. The first-order chi connectivity index (χ1) is 5.83. The second-order valence-electron chi connectivity index (χ2n) is 2.23. The number of hydrogen-bond acceptors (Lipinski definition) is 2. The molecular weight excluding hydrogens is 178 g/mol. The van der Waals surface area contributed by atoms with Gasteiger partial charge in [-0.25, -0.2) is 0 Å². The van der Waals surface area contributed by atoms with Crippen LogP contribution in [0.15, 0.2) is 17.5 Å². The Kier molecular flexibility index (Phi) is 3.44. The first kappa shape index (κ1) is 8.90. The summed E-state index contributed by atoms with van der Waals surface area (Å²) < 4.78 is 1.72. The lowest BCUT2D eigenvalue weighted by Crippen LogP contribution is -1.98. The number of nitrogens with zero attached hydrogens (tertiary/aromatic N) is 5. The summed E-state index contributed by atoms with van der Waals surface area (Å²) in [4.78, 5) is 2.64. The third kappa shape index (κ3) is 2.82. The van der Waals surface area contributed by atoms with Crippen LogP contribution in [0.5, 0.6) is 0 Å². The molecule has 1 heterocycles. The van der Waals surface area contributed by atoms with Crippen LogP contribution in [0.25, 0.3) is 10.4 Å². The zero-order valence-electron chi connectivity index (χ0n) is 6.39. The molecule has 0 aliphatic carbocycles. The van der Waals surface area contributed by atoms with Crippen LogP contribution >= 0.6 is 11.6 Å². The van der Waals surface area contributed by atoms with Gasteiger partial charge in [0.1, 0.15) is 0 Å². The monoisotopic (exact) mass is 185 g/mol. The predicted molar refractivity (Wildman–Crippen MR) is 45.9 cm³/mol. The number of halogens is 1. The molecule has 1 aromatic heterocycles. The molecule has 0 amide bonds. The van der Waals surface area contributed by atoms with Crippen molar-refractivity contribution in [2.24, 2.45) is 5.11 Å². The summed E-state index contributed by atoms with van der Waals surface area (Å²) in [5.41, 5.74) is 7.98. The van der Waals surface area contributed by atoms with Gasteiger partial charge in [-0.1, -0.05) is 16.7 Å². The maximum absolute atomic E-state index is 7.98. The SMILES string of the molecule is [N-]=[N+]=NCCCn1cc(Cl)cn1. The number of aromatic nitrogens is 2. The van der Waals surface area contributed by atoms with Crippen LogP contribution in [0, 0.1) is 0 Å². The highest BCUT2D eigenvalue weighted by Crippen LogP contribution is 2.04. The zero-order chi connectivity index (χ0) is 8.81. The van der Waals surface area contributed by atoms with Crippen LogP contribution in [-0.4, -0.2) is 16.3 Å². The highest BCUT2D eigenvalue weighted by molar-refractivity contribution is 6.30. The maximum Gasteiger partial charge on any atom is 0.0785 e. The van der Waals surface area contributed by atoms with E-state index >= 15 is 0 Å².